The van der Waals surface area contributed by atoms with Gasteiger partial charge in [0.15, 0.2) is 0 Å². The molecule has 0 spiro atoms. The minimum absolute atomic E-state index is 0.144. The average Bonchev–Trinajstić information content (AvgIpc) is 2.56. The fourth-order valence-corrected chi connectivity index (χ4v) is 2.12. The van der Waals surface area contributed by atoms with E-state index in [0.29, 0.717) is 24.3 Å². The molecule has 120 valence electrons. The van der Waals surface area contributed by atoms with Crippen LogP contribution in [0, 0.1) is 0 Å². The van der Waals surface area contributed by atoms with Gasteiger partial charge in [0.1, 0.15) is 0 Å². The summed E-state index contributed by atoms with van der Waals surface area (Å²) in [6.45, 7) is 3.27. The van der Waals surface area contributed by atoms with Crippen molar-refractivity contribution in [3.8, 4) is 0 Å². The molecule has 2 aromatic carbocycles. The van der Waals surface area contributed by atoms with Crippen LogP contribution >= 0.6 is 0 Å². The van der Waals surface area contributed by atoms with E-state index in [-0.39, 0.29) is 18.4 Å². The number of anilines is 1. The maximum atomic E-state index is 11.9. The molecule has 0 bridgehead atoms. The highest BCUT2D eigenvalue weighted by Gasteiger charge is 2.07. The fourth-order valence-electron chi connectivity index (χ4n) is 2.12. The molecule has 0 radical (unpaired) electrons. The van der Waals surface area contributed by atoms with Gasteiger partial charge in [-0.1, -0.05) is 36.4 Å². The fraction of sp³-hybridized carbons (Fsp3) is 0.222. The number of carbonyl (C=O) groups is 2. The first-order chi connectivity index (χ1) is 11.2. The van der Waals surface area contributed by atoms with E-state index in [1.54, 1.807) is 24.3 Å². The first kappa shape index (κ1) is 16.7. The molecule has 5 nitrogen and oxygen atoms in total. The van der Waals surface area contributed by atoms with E-state index in [1.165, 1.54) is 0 Å². The zero-order valence-corrected chi connectivity index (χ0v) is 13.1. The lowest BCUT2D eigenvalue weighted by molar-refractivity contribution is -0.115. The second-order valence-electron chi connectivity index (χ2n) is 5.08. The highest BCUT2D eigenvalue weighted by atomic mass is 16.2. The van der Waals surface area contributed by atoms with Gasteiger partial charge in [-0.25, -0.2) is 0 Å². The van der Waals surface area contributed by atoms with Crippen LogP contribution in [0.3, 0.4) is 0 Å². The summed E-state index contributed by atoms with van der Waals surface area (Å²) < 4.78 is 0. The van der Waals surface area contributed by atoms with Crippen LogP contribution in [0.1, 0.15) is 22.8 Å². The third-order valence-corrected chi connectivity index (χ3v) is 3.20. The van der Waals surface area contributed by atoms with Gasteiger partial charge in [0.05, 0.1) is 6.54 Å². The van der Waals surface area contributed by atoms with Gasteiger partial charge in [0.2, 0.25) is 5.91 Å². The molecule has 0 fully saturated rings. The maximum Gasteiger partial charge on any atom is 0.251 e. The lowest BCUT2D eigenvalue weighted by Crippen LogP contribution is -2.28. The molecule has 0 aliphatic rings. The molecule has 0 heterocycles. The van der Waals surface area contributed by atoms with Gasteiger partial charge in [-0.15, -0.1) is 0 Å². The Morgan fingerprint density at radius 2 is 1.78 bits per heavy atom. The van der Waals surface area contributed by atoms with Crippen LogP contribution in [-0.2, 0) is 11.3 Å². The third-order valence-electron chi connectivity index (χ3n) is 3.20. The number of nitrogens with one attached hydrogen (secondary N) is 3. The molecule has 0 aliphatic heterocycles. The van der Waals surface area contributed by atoms with Crippen molar-refractivity contribution in [2.24, 2.45) is 0 Å². The third kappa shape index (κ3) is 5.56. The molecular formula is C18H21N3O2. The highest BCUT2D eigenvalue weighted by molar-refractivity contribution is 5.97. The number of amides is 2. The Morgan fingerprint density at radius 3 is 2.52 bits per heavy atom. The molecule has 3 N–H and O–H groups in total. The molecule has 2 amide bonds. The molecule has 5 heteroatoms. The summed E-state index contributed by atoms with van der Waals surface area (Å²) in [5.74, 6) is -0.292. The summed E-state index contributed by atoms with van der Waals surface area (Å²) in [7, 11) is 0. The summed E-state index contributed by atoms with van der Waals surface area (Å²) in [6.07, 6.45) is 0. The van der Waals surface area contributed by atoms with Gasteiger partial charge < -0.3 is 16.0 Å². The number of carbonyl (C=O) groups excluding carboxylic acids is 2. The summed E-state index contributed by atoms with van der Waals surface area (Å²) in [6, 6.07) is 16.8. The first-order valence-electron chi connectivity index (χ1n) is 7.62. The monoisotopic (exact) mass is 311 g/mol. The Morgan fingerprint density at radius 1 is 1.00 bits per heavy atom. The van der Waals surface area contributed by atoms with Crippen molar-refractivity contribution >= 4 is 17.5 Å². The van der Waals surface area contributed by atoms with E-state index in [1.807, 2.05) is 37.3 Å². The summed E-state index contributed by atoms with van der Waals surface area (Å²) in [5.41, 5.74) is 2.26. The molecule has 0 aliphatic carbocycles. The SMILES string of the molecule is CCNC(=O)c1cccc(NC(=O)CNCc2ccccc2)c1. The van der Waals surface area contributed by atoms with Crippen LogP contribution in [0.2, 0.25) is 0 Å². The van der Waals surface area contributed by atoms with E-state index in [2.05, 4.69) is 16.0 Å². The predicted molar refractivity (Wildman–Crippen MR) is 91.2 cm³/mol. The Hall–Kier alpha value is -2.66. The Balaban J connectivity index is 1.83. The van der Waals surface area contributed by atoms with Gasteiger partial charge in [-0.05, 0) is 30.7 Å². The minimum atomic E-state index is -0.147. The molecular weight excluding hydrogens is 290 g/mol. The van der Waals surface area contributed by atoms with Crippen molar-refractivity contribution in [2.75, 3.05) is 18.4 Å². The topological polar surface area (TPSA) is 70.2 Å². The second-order valence-corrected chi connectivity index (χ2v) is 5.08. The van der Waals surface area contributed by atoms with Crippen molar-refractivity contribution in [1.29, 1.82) is 0 Å². The average molecular weight is 311 g/mol. The van der Waals surface area contributed by atoms with E-state index < -0.39 is 0 Å². The van der Waals surface area contributed by atoms with E-state index >= 15 is 0 Å². The first-order valence-corrected chi connectivity index (χ1v) is 7.62. The molecule has 2 aromatic rings. The van der Waals surface area contributed by atoms with E-state index in [4.69, 9.17) is 0 Å². The Bertz CT molecular complexity index is 656. The van der Waals surface area contributed by atoms with Gasteiger partial charge in [-0.3, -0.25) is 9.59 Å². The molecule has 0 saturated heterocycles. The summed E-state index contributed by atoms with van der Waals surface area (Å²) >= 11 is 0. The van der Waals surface area contributed by atoms with Gasteiger partial charge >= 0.3 is 0 Å². The van der Waals surface area contributed by atoms with Crippen LogP contribution in [0.5, 0.6) is 0 Å². The van der Waals surface area contributed by atoms with Gasteiger partial charge in [-0.2, -0.15) is 0 Å². The molecule has 2 rings (SSSR count). The second kappa shape index (κ2) is 8.70. The Labute approximate surface area is 136 Å². The minimum Gasteiger partial charge on any atom is -0.352 e. The number of rotatable bonds is 7. The number of hydrogen-bond donors (Lipinski definition) is 3. The predicted octanol–water partition coefficient (Wildman–Crippen LogP) is 2.16. The van der Waals surface area contributed by atoms with Crippen molar-refractivity contribution < 1.29 is 9.59 Å². The van der Waals surface area contributed by atoms with Gasteiger partial charge in [0.25, 0.3) is 5.91 Å². The zero-order valence-electron chi connectivity index (χ0n) is 13.1. The van der Waals surface area contributed by atoms with Crippen molar-refractivity contribution in [3.05, 3.63) is 65.7 Å². The lowest BCUT2D eigenvalue weighted by Gasteiger charge is -2.08. The molecule has 0 aromatic heterocycles. The maximum absolute atomic E-state index is 11.9. The van der Waals surface area contributed by atoms with Crippen LogP contribution in [0.4, 0.5) is 5.69 Å². The van der Waals surface area contributed by atoms with Crippen LogP contribution < -0.4 is 16.0 Å². The standard InChI is InChI=1S/C18H21N3O2/c1-2-20-18(23)15-9-6-10-16(11-15)21-17(22)13-19-12-14-7-4-3-5-8-14/h3-11,19H,2,12-13H2,1H3,(H,20,23)(H,21,22). The quantitative estimate of drug-likeness (QED) is 0.734. The van der Waals surface area contributed by atoms with Crippen molar-refractivity contribution in [2.45, 2.75) is 13.5 Å². The lowest BCUT2D eigenvalue weighted by atomic mass is 10.2. The van der Waals surface area contributed by atoms with Gasteiger partial charge in [0, 0.05) is 24.3 Å². The molecule has 0 unspecified atom stereocenters. The smallest absolute Gasteiger partial charge is 0.251 e. The molecule has 23 heavy (non-hydrogen) atoms. The van der Waals surface area contributed by atoms with Crippen molar-refractivity contribution in [3.63, 3.8) is 0 Å². The summed E-state index contributed by atoms with van der Waals surface area (Å²) in [5, 5.41) is 8.60. The largest absolute Gasteiger partial charge is 0.352 e. The normalized spacial score (nSPS) is 10.1. The Kier molecular flexibility index (Phi) is 6.32. The van der Waals surface area contributed by atoms with Crippen LogP contribution in [-0.4, -0.2) is 24.9 Å². The molecule has 0 atom stereocenters. The zero-order chi connectivity index (χ0) is 16.5. The summed E-state index contributed by atoms with van der Waals surface area (Å²) in [4.78, 5) is 23.7. The van der Waals surface area contributed by atoms with Crippen LogP contribution in [0.25, 0.3) is 0 Å². The van der Waals surface area contributed by atoms with Crippen molar-refractivity contribution in [1.82, 2.24) is 10.6 Å². The van der Waals surface area contributed by atoms with E-state index in [0.717, 1.165) is 5.56 Å². The molecule has 0 saturated carbocycles. The highest BCUT2D eigenvalue weighted by Crippen LogP contribution is 2.10. The number of hydrogen-bond acceptors (Lipinski definition) is 3. The van der Waals surface area contributed by atoms with Crippen LogP contribution in [0.15, 0.2) is 54.6 Å². The van der Waals surface area contributed by atoms with E-state index in [9.17, 15) is 9.59 Å². The number of benzene rings is 2.